The van der Waals surface area contributed by atoms with Crippen LogP contribution in [0.2, 0.25) is 4.34 Å². The molecule has 3 heteroatoms. The molecule has 0 saturated heterocycles. The van der Waals surface area contributed by atoms with Crippen LogP contribution in [0.15, 0.2) is 12.1 Å². The summed E-state index contributed by atoms with van der Waals surface area (Å²) in [5.41, 5.74) is -0.530. The van der Waals surface area contributed by atoms with Gasteiger partial charge >= 0.3 is 0 Å². The van der Waals surface area contributed by atoms with Crippen LogP contribution < -0.4 is 0 Å². The fourth-order valence-electron chi connectivity index (χ4n) is 2.00. The summed E-state index contributed by atoms with van der Waals surface area (Å²) < 4.78 is 0.806. The van der Waals surface area contributed by atoms with E-state index in [0.717, 1.165) is 36.4 Å². The molecule has 0 aliphatic carbocycles. The molecule has 1 rings (SSSR count). The highest BCUT2D eigenvalue weighted by Gasteiger charge is 2.25. The van der Waals surface area contributed by atoms with Gasteiger partial charge in [-0.1, -0.05) is 38.3 Å². The van der Waals surface area contributed by atoms with Crippen LogP contribution >= 0.6 is 22.9 Å². The van der Waals surface area contributed by atoms with Crippen molar-refractivity contribution < 1.29 is 5.11 Å². The summed E-state index contributed by atoms with van der Waals surface area (Å²) in [6, 6.07) is 3.92. The van der Waals surface area contributed by atoms with Gasteiger partial charge in [0.05, 0.1) is 9.94 Å². The van der Waals surface area contributed by atoms with Gasteiger partial charge in [-0.25, -0.2) is 0 Å². The highest BCUT2D eigenvalue weighted by Crippen LogP contribution is 2.29. The topological polar surface area (TPSA) is 20.2 Å². The van der Waals surface area contributed by atoms with Crippen LogP contribution in [-0.2, 0) is 6.42 Å². The van der Waals surface area contributed by atoms with Crippen LogP contribution in [0.1, 0.15) is 44.4 Å². The van der Waals surface area contributed by atoms with Gasteiger partial charge in [0.2, 0.25) is 0 Å². The Morgan fingerprint density at radius 3 is 2.27 bits per heavy atom. The van der Waals surface area contributed by atoms with Crippen LogP contribution in [-0.4, -0.2) is 10.7 Å². The molecule has 0 aromatic carbocycles. The minimum absolute atomic E-state index is 0.530. The van der Waals surface area contributed by atoms with Crippen molar-refractivity contribution >= 4 is 22.9 Å². The third kappa shape index (κ3) is 4.13. The molecule has 0 atom stereocenters. The fraction of sp³-hybridized carbons (Fsp3) is 0.667. The van der Waals surface area contributed by atoms with Crippen molar-refractivity contribution in [3.8, 4) is 0 Å². The summed E-state index contributed by atoms with van der Waals surface area (Å²) in [5, 5.41) is 10.4. The molecule has 0 aliphatic rings. The van der Waals surface area contributed by atoms with Crippen molar-refractivity contribution in [2.75, 3.05) is 0 Å². The summed E-state index contributed by atoms with van der Waals surface area (Å²) in [6.45, 7) is 4.23. The summed E-state index contributed by atoms with van der Waals surface area (Å²) >= 11 is 7.45. The zero-order chi connectivity index (χ0) is 11.3. The molecular formula is C12H19ClOS. The highest BCUT2D eigenvalue weighted by atomic mass is 35.5. The van der Waals surface area contributed by atoms with Crippen molar-refractivity contribution in [1.82, 2.24) is 0 Å². The second kappa shape index (κ2) is 5.88. The molecule has 15 heavy (non-hydrogen) atoms. The molecular weight excluding hydrogens is 228 g/mol. The van der Waals surface area contributed by atoms with E-state index >= 15 is 0 Å². The average Bonchev–Trinajstić information content (AvgIpc) is 2.51. The van der Waals surface area contributed by atoms with E-state index in [0.29, 0.717) is 0 Å². The van der Waals surface area contributed by atoms with E-state index in [4.69, 9.17) is 11.6 Å². The van der Waals surface area contributed by atoms with Crippen LogP contribution in [0.5, 0.6) is 0 Å². The molecule has 0 unspecified atom stereocenters. The highest BCUT2D eigenvalue weighted by molar-refractivity contribution is 7.16. The number of halogens is 1. The Bertz CT molecular complexity index is 290. The Kier molecular flexibility index (Phi) is 5.10. The summed E-state index contributed by atoms with van der Waals surface area (Å²) in [7, 11) is 0. The Morgan fingerprint density at radius 2 is 1.87 bits per heavy atom. The third-order valence-electron chi connectivity index (χ3n) is 2.56. The van der Waals surface area contributed by atoms with Crippen molar-refractivity contribution in [2.45, 2.75) is 51.6 Å². The summed E-state index contributed by atoms with van der Waals surface area (Å²) in [5.74, 6) is 0. The molecule has 0 bridgehead atoms. The van der Waals surface area contributed by atoms with E-state index in [9.17, 15) is 5.11 Å². The Hall–Kier alpha value is -0.0500. The maximum absolute atomic E-state index is 10.4. The van der Waals surface area contributed by atoms with Gasteiger partial charge in [0, 0.05) is 11.3 Å². The predicted octanol–water partition coefficient (Wildman–Crippen LogP) is 4.28. The smallest absolute Gasteiger partial charge is 0.0931 e. The van der Waals surface area contributed by atoms with E-state index in [1.165, 1.54) is 4.88 Å². The number of rotatable bonds is 6. The van der Waals surface area contributed by atoms with Gasteiger partial charge in [-0.3, -0.25) is 0 Å². The first kappa shape index (κ1) is 13.0. The molecule has 1 nitrogen and oxygen atoms in total. The van der Waals surface area contributed by atoms with Crippen molar-refractivity contribution in [1.29, 1.82) is 0 Å². The third-order valence-corrected chi connectivity index (χ3v) is 3.79. The van der Waals surface area contributed by atoms with Crippen molar-refractivity contribution in [2.24, 2.45) is 0 Å². The lowest BCUT2D eigenvalue weighted by atomic mass is 9.89. The van der Waals surface area contributed by atoms with Crippen molar-refractivity contribution in [3.05, 3.63) is 21.3 Å². The maximum atomic E-state index is 10.4. The van der Waals surface area contributed by atoms with Gasteiger partial charge in [-0.2, -0.15) is 0 Å². The second-order valence-corrected chi connectivity index (χ2v) is 5.91. The van der Waals surface area contributed by atoms with Crippen molar-refractivity contribution in [3.63, 3.8) is 0 Å². The quantitative estimate of drug-likeness (QED) is 0.795. The Morgan fingerprint density at radius 1 is 1.27 bits per heavy atom. The number of thiophene rings is 1. The van der Waals surface area contributed by atoms with Gasteiger partial charge in [0.15, 0.2) is 0 Å². The molecule has 0 aliphatic heterocycles. The largest absolute Gasteiger partial charge is 0.390 e. The molecule has 86 valence electrons. The van der Waals surface area contributed by atoms with E-state index in [2.05, 4.69) is 13.8 Å². The minimum atomic E-state index is -0.530. The van der Waals surface area contributed by atoms with Gasteiger partial charge < -0.3 is 5.11 Å². The van der Waals surface area contributed by atoms with Gasteiger partial charge in [-0.05, 0) is 25.0 Å². The molecule has 0 saturated carbocycles. The Balaban J connectivity index is 2.65. The van der Waals surface area contributed by atoms with Crippen LogP contribution in [0.25, 0.3) is 0 Å². The molecule has 1 N–H and O–H groups in total. The standard InChI is InChI=1S/C12H19ClOS/c1-3-7-12(14,8-4-2)9-10-5-6-11(13)15-10/h5-6,14H,3-4,7-9H2,1-2H3. The first-order valence-electron chi connectivity index (χ1n) is 5.56. The number of aliphatic hydroxyl groups is 1. The van der Waals surface area contributed by atoms with Gasteiger partial charge in [-0.15, -0.1) is 11.3 Å². The SMILES string of the molecule is CCCC(O)(CCC)Cc1ccc(Cl)s1. The van der Waals surface area contributed by atoms with E-state index in [-0.39, 0.29) is 0 Å². The van der Waals surface area contributed by atoms with E-state index in [1.807, 2.05) is 12.1 Å². The summed E-state index contributed by atoms with van der Waals surface area (Å²) in [4.78, 5) is 1.18. The monoisotopic (exact) mass is 246 g/mol. The normalized spacial score (nSPS) is 12.0. The molecule has 1 aromatic rings. The lowest BCUT2D eigenvalue weighted by Gasteiger charge is -2.26. The number of hydrogen-bond donors (Lipinski definition) is 1. The second-order valence-electron chi connectivity index (χ2n) is 4.11. The lowest BCUT2D eigenvalue weighted by Crippen LogP contribution is -2.30. The lowest BCUT2D eigenvalue weighted by molar-refractivity contribution is 0.0224. The molecule has 1 heterocycles. The predicted molar refractivity (Wildman–Crippen MR) is 67.8 cm³/mol. The van der Waals surface area contributed by atoms with Crippen LogP contribution in [0.3, 0.4) is 0 Å². The first-order valence-corrected chi connectivity index (χ1v) is 6.75. The average molecular weight is 247 g/mol. The van der Waals surface area contributed by atoms with E-state index < -0.39 is 5.60 Å². The van der Waals surface area contributed by atoms with Crippen LogP contribution in [0.4, 0.5) is 0 Å². The zero-order valence-electron chi connectivity index (χ0n) is 9.42. The van der Waals surface area contributed by atoms with Gasteiger partial charge in [0.1, 0.15) is 0 Å². The van der Waals surface area contributed by atoms with Crippen LogP contribution in [0, 0.1) is 0 Å². The molecule has 0 spiro atoms. The Labute approximate surface area is 101 Å². The van der Waals surface area contributed by atoms with Gasteiger partial charge in [0.25, 0.3) is 0 Å². The fourth-order valence-corrected chi connectivity index (χ4v) is 3.23. The molecule has 0 radical (unpaired) electrons. The minimum Gasteiger partial charge on any atom is -0.390 e. The van der Waals surface area contributed by atoms with E-state index in [1.54, 1.807) is 11.3 Å². The molecule has 0 amide bonds. The first-order chi connectivity index (χ1) is 7.09. The zero-order valence-corrected chi connectivity index (χ0v) is 11.0. The molecule has 0 fully saturated rings. The molecule has 1 aromatic heterocycles. The number of hydrogen-bond acceptors (Lipinski definition) is 2. The summed E-state index contributed by atoms with van der Waals surface area (Å²) in [6.07, 6.45) is 4.53. The maximum Gasteiger partial charge on any atom is 0.0931 e.